The van der Waals surface area contributed by atoms with E-state index in [1.165, 1.54) is 7.11 Å². The number of esters is 2. The average molecular weight is 264 g/mol. The van der Waals surface area contributed by atoms with Gasteiger partial charge in [0.15, 0.2) is 0 Å². The van der Waals surface area contributed by atoms with Crippen LogP contribution in [0.4, 0.5) is 0 Å². The van der Waals surface area contributed by atoms with Crippen molar-refractivity contribution in [2.75, 3.05) is 7.11 Å². The van der Waals surface area contributed by atoms with Gasteiger partial charge in [-0.25, -0.2) is 4.79 Å². The smallest absolute Gasteiger partial charge is 0.337 e. The van der Waals surface area contributed by atoms with E-state index >= 15 is 0 Å². The molecule has 0 atom stereocenters. The summed E-state index contributed by atoms with van der Waals surface area (Å²) in [5, 5.41) is 0. The lowest BCUT2D eigenvalue weighted by atomic mass is 9.92. The van der Waals surface area contributed by atoms with E-state index in [2.05, 4.69) is 4.74 Å². The van der Waals surface area contributed by atoms with Crippen LogP contribution >= 0.6 is 0 Å². The zero-order valence-electron chi connectivity index (χ0n) is 11.9. The van der Waals surface area contributed by atoms with Gasteiger partial charge in [0.2, 0.25) is 0 Å². The zero-order valence-corrected chi connectivity index (χ0v) is 11.9. The number of benzene rings is 1. The monoisotopic (exact) mass is 264 g/mol. The van der Waals surface area contributed by atoms with Crippen molar-refractivity contribution in [2.24, 2.45) is 5.41 Å². The Morgan fingerprint density at radius 2 is 1.89 bits per heavy atom. The molecule has 0 heterocycles. The predicted octanol–water partition coefficient (Wildman–Crippen LogP) is 2.95. The van der Waals surface area contributed by atoms with Gasteiger partial charge >= 0.3 is 11.9 Å². The minimum absolute atomic E-state index is 0.0923. The summed E-state index contributed by atoms with van der Waals surface area (Å²) in [5.74, 6) is -0.640. The van der Waals surface area contributed by atoms with E-state index in [9.17, 15) is 9.59 Å². The van der Waals surface area contributed by atoms with Crippen LogP contribution in [0, 0.1) is 5.41 Å². The highest BCUT2D eigenvalue weighted by Gasteiger charge is 2.17. The first-order valence-corrected chi connectivity index (χ1v) is 6.15. The molecule has 0 fully saturated rings. The fraction of sp³-hybridized carbons (Fsp3) is 0.467. The molecule has 0 bridgehead atoms. The van der Waals surface area contributed by atoms with Crippen LogP contribution in [0.1, 0.15) is 43.1 Å². The van der Waals surface area contributed by atoms with E-state index < -0.39 is 5.97 Å². The zero-order chi connectivity index (χ0) is 14.5. The molecule has 1 rings (SSSR count). The average Bonchev–Trinajstić information content (AvgIpc) is 2.34. The Balaban J connectivity index is 2.59. The highest BCUT2D eigenvalue weighted by molar-refractivity contribution is 5.89. The second kappa shape index (κ2) is 6.36. The van der Waals surface area contributed by atoms with Gasteiger partial charge in [-0.1, -0.05) is 32.9 Å². The highest BCUT2D eigenvalue weighted by atomic mass is 16.5. The van der Waals surface area contributed by atoms with Crippen LogP contribution in [0.3, 0.4) is 0 Å². The van der Waals surface area contributed by atoms with Crippen LogP contribution in [0.25, 0.3) is 0 Å². The summed E-state index contributed by atoms with van der Waals surface area (Å²) in [6.45, 7) is 6.10. The minimum Gasteiger partial charge on any atom is -0.465 e. The summed E-state index contributed by atoms with van der Waals surface area (Å²) in [4.78, 5) is 23.0. The third kappa shape index (κ3) is 5.55. The molecule has 1 aromatic carbocycles. The van der Waals surface area contributed by atoms with Crippen molar-refractivity contribution in [1.82, 2.24) is 0 Å². The summed E-state index contributed by atoms with van der Waals surface area (Å²) in [6.07, 6.45) is 0.365. The summed E-state index contributed by atoms with van der Waals surface area (Å²) in [5.41, 5.74) is 1.13. The van der Waals surface area contributed by atoms with Gasteiger partial charge in [0.1, 0.15) is 6.61 Å². The number of ether oxygens (including phenoxy) is 2. The highest BCUT2D eigenvalue weighted by Crippen LogP contribution is 2.19. The molecule has 104 valence electrons. The van der Waals surface area contributed by atoms with Crippen molar-refractivity contribution in [1.29, 1.82) is 0 Å². The SMILES string of the molecule is COC(=O)c1cccc(COC(=O)CC(C)(C)C)c1. The number of carbonyl (C=O) groups excluding carboxylic acids is 2. The molecule has 0 unspecified atom stereocenters. The normalized spacial score (nSPS) is 10.9. The first-order valence-electron chi connectivity index (χ1n) is 6.15. The van der Waals surface area contributed by atoms with Crippen LogP contribution in [0.5, 0.6) is 0 Å². The van der Waals surface area contributed by atoms with Crippen LogP contribution in [0.2, 0.25) is 0 Å². The van der Waals surface area contributed by atoms with E-state index in [1.807, 2.05) is 20.8 Å². The molecule has 1 aromatic rings. The number of carbonyl (C=O) groups is 2. The molecule has 0 amide bonds. The maximum Gasteiger partial charge on any atom is 0.337 e. The lowest BCUT2D eigenvalue weighted by Gasteiger charge is -2.16. The van der Waals surface area contributed by atoms with Gasteiger partial charge in [0, 0.05) is 0 Å². The lowest BCUT2D eigenvalue weighted by Crippen LogP contribution is -2.15. The number of methoxy groups -OCH3 is 1. The van der Waals surface area contributed by atoms with E-state index in [0.29, 0.717) is 12.0 Å². The van der Waals surface area contributed by atoms with Crippen molar-refractivity contribution < 1.29 is 19.1 Å². The van der Waals surface area contributed by atoms with Gasteiger partial charge in [-0.15, -0.1) is 0 Å². The van der Waals surface area contributed by atoms with Crippen LogP contribution < -0.4 is 0 Å². The molecule has 0 spiro atoms. The molecule has 0 radical (unpaired) electrons. The number of rotatable bonds is 4. The molecule has 0 saturated carbocycles. The van der Waals surface area contributed by atoms with Gasteiger partial charge in [-0.05, 0) is 23.1 Å². The second-order valence-electron chi connectivity index (χ2n) is 5.59. The topological polar surface area (TPSA) is 52.6 Å². The predicted molar refractivity (Wildman–Crippen MR) is 71.6 cm³/mol. The van der Waals surface area contributed by atoms with Crippen molar-refractivity contribution >= 4 is 11.9 Å². The second-order valence-corrected chi connectivity index (χ2v) is 5.59. The summed E-state index contributed by atoms with van der Waals surface area (Å²) in [6, 6.07) is 6.86. The Morgan fingerprint density at radius 3 is 2.47 bits per heavy atom. The Kier molecular flexibility index (Phi) is 5.10. The van der Waals surface area contributed by atoms with Gasteiger partial charge in [0.25, 0.3) is 0 Å². The Bertz CT molecular complexity index is 457. The molecule has 0 aliphatic carbocycles. The Hall–Kier alpha value is -1.84. The van der Waals surface area contributed by atoms with E-state index in [-0.39, 0.29) is 18.0 Å². The van der Waals surface area contributed by atoms with Crippen LogP contribution in [-0.4, -0.2) is 19.0 Å². The first kappa shape index (κ1) is 15.2. The molecule has 4 heteroatoms. The van der Waals surface area contributed by atoms with Crippen LogP contribution in [0.15, 0.2) is 24.3 Å². The first-order chi connectivity index (χ1) is 8.81. The van der Waals surface area contributed by atoms with Gasteiger partial charge in [-0.3, -0.25) is 4.79 Å². The van der Waals surface area contributed by atoms with Gasteiger partial charge in [-0.2, -0.15) is 0 Å². The fourth-order valence-electron chi connectivity index (χ4n) is 1.55. The summed E-state index contributed by atoms with van der Waals surface area (Å²) in [7, 11) is 1.33. The molecule has 0 aliphatic rings. The third-order valence-electron chi connectivity index (χ3n) is 2.42. The minimum atomic E-state index is -0.400. The molecule has 0 saturated heterocycles. The quantitative estimate of drug-likeness (QED) is 0.784. The Morgan fingerprint density at radius 1 is 1.21 bits per heavy atom. The van der Waals surface area contributed by atoms with Gasteiger partial charge < -0.3 is 9.47 Å². The molecule has 19 heavy (non-hydrogen) atoms. The standard InChI is InChI=1S/C15H20O4/c1-15(2,3)9-13(16)19-10-11-6-5-7-12(8-11)14(17)18-4/h5-8H,9-10H2,1-4H3. The van der Waals surface area contributed by atoms with E-state index in [4.69, 9.17) is 4.74 Å². The number of hydrogen-bond acceptors (Lipinski definition) is 4. The van der Waals surface area contributed by atoms with E-state index in [0.717, 1.165) is 5.56 Å². The maximum atomic E-state index is 11.6. The van der Waals surface area contributed by atoms with Gasteiger partial charge in [0.05, 0.1) is 19.1 Å². The van der Waals surface area contributed by atoms with Crippen molar-refractivity contribution in [2.45, 2.75) is 33.8 Å². The van der Waals surface area contributed by atoms with Crippen LogP contribution in [-0.2, 0) is 20.9 Å². The third-order valence-corrected chi connectivity index (χ3v) is 2.42. The Labute approximate surface area is 113 Å². The molecule has 4 nitrogen and oxygen atoms in total. The molecular formula is C15H20O4. The molecule has 0 N–H and O–H groups in total. The van der Waals surface area contributed by atoms with E-state index in [1.54, 1.807) is 24.3 Å². The summed E-state index contributed by atoms with van der Waals surface area (Å²) < 4.78 is 9.82. The van der Waals surface area contributed by atoms with Crippen molar-refractivity contribution in [3.63, 3.8) is 0 Å². The maximum absolute atomic E-state index is 11.6. The molecular weight excluding hydrogens is 244 g/mol. The lowest BCUT2D eigenvalue weighted by molar-refractivity contribution is -0.147. The largest absolute Gasteiger partial charge is 0.465 e. The van der Waals surface area contributed by atoms with Crippen molar-refractivity contribution in [3.8, 4) is 0 Å². The molecule has 0 aliphatic heterocycles. The number of hydrogen-bond donors (Lipinski definition) is 0. The summed E-state index contributed by atoms with van der Waals surface area (Å²) >= 11 is 0. The van der Waals surface area contributed by atoms with Crippen molar-refractivity contribution in [3.05, 3.63) is 35.4 Å². The molecule has 0 aromatic heterocycles. The fourth-order valence-corrected chi connectivity index (χ4v) is 1.55.